The van der Waals surface area contributed by atoms with E-state index in [0.717, 1.165) is 10.0 Å². The summed E-state index contributed by atoms with van der Waals surface area (Å²) in [6.45, 7) is 4.65. The third-order valence-corrected chi connectivity index (χ3v) is 2.92. The van der Waals surface area contributed by atoms with Crippen molar-refractivity contribution in [3.05, 3.63) is 28.2 Å². The summed E-state index contributed by atoms with van der Waals surface area (Å²) in [5, 5.41) is 2.74. The van der Waals surface area contributed by atoms with Crippen LogP contribution >= 0.6 is 15.9 Å². The highest BCUT2D eigenvalue weighted by Gasteiger charge is 2.15. The second-order valence-electron chi connectivity index (χ2n) is 3.95. The van der Waals surface area contributed by atoms with Gasteiger partial charge in [0.05, 0.1) is 6.61 Å². The van der Waals surface area contributed by atoms with Crippen LogP contribution in [0.1, 0.15) is 12.5 Å². The van der Waals surface area contributed by atoms with E-state index in [1.54, 1.807) is 14.0 Å². The lowest BCUT2D eigenvalue weighted by molar-refractivity contribution is -0.127. The van der Waals surface area contributed by atoms with Crippen LogP contribution in [0.2, 0.25) is 0 Å². The van der Waals surface area contributed by atoms with Crippen LogP contribution in [-0.4, -0.2) is 32.3 Å². The molecule has 0 spiro atoms. The fraction of sp³-hybridized carbons (Fsp3) is 0.462. The normalized spacial score (nSPS) is 12.0. The second-order valence-corrected chi connectivity index (χ2v) is 4.87. The quantitative estimate of drug-likeness (QED) is 0.819. The number of hydrogen-bond donors (Lipinski definition) is 1. The third-order valence-electron chi connectivity index (χ3n) is 2.43. The van der Waals surface area contributed by atoms with Gasteiger partial charge in [-0.1, -0.05) is 22.0 Å². The average molecular weight is 316 g/mol. The molecule has 1 amide bonds. The molecule has 0 saturated heterocycles. The number of nitrogens with one attached hydrogen (secondary N) is 1. The smallest absolute Gasteiger partial charge is 0.260 e. The van der Waals surface area contributed by atoms with Crippen molar-refractivity contribution in [1.82, 2.24) is 5.32 Å². The van der Waals surface area contributed by atoms with Crippen molar-refractivity contribution >= 4 is 21.8 Å². The van der Waals surface area contributed by atoms with Crippen molar-refractivity contribution in [2.75, 3.05) is 20.3 Å². The van der Waals surface area contributed by atoms with Crippen LogP contribution in [-0.2, 0) is 9.53 Å². The number of aryl methyl sites for hydroxylation is 1. The summed E-state index contributed by atoms with van der Waals surface area (Å²) in [5.41, 5.74) is 0.995. The molecule has 1 aromatic rings. The van der Waals surface area contributed by atoms with E-state index in [2.05, 4.69) is 21.2 Å². The topological polar surface area (TPSA) is 47.6 Å². The highest BCUT2D eigenvalue weighted by molar-refractivity contribution is 9.10. The summed E-state index contributed by atoms with van der Waals surface area (Å²) in [6, 6.07) is 5.73. The first-order valence-corrected chi connectivity index (χ1v) is 6.53. The molecular weight excluding hydrogens is 298 g/mol. The number of carbonyl (C=O) groups is 1. The lowest BCUT2D eigenvalue weighted by atomic mass is 10.2. The van der Waals surface area contributed by atoms with E-state index in [1.165, 1.54) is 0 Å². The molecule has 0 bridgehead atoms. The highest BCUT2D eigenvalue weighted by Crippen LogP contribution is 2.23. The Labute approximate surface area is 116 Å². The van der Waals surface area contributed by atoms with Gasteiger partial charge in [0.15, 0.2) is 6.10 Å². The zero-order valence-corrected chi connectivity index (χ0v) is 12.4. The maximum Gasteiger partial charge on any atom is 0.260 e. The molecule has 0 aliphatic carbocycles. The van der Waals surface area contributed by atoms with E-state index in [1.807, 2.05) is 25.1 Å². The predicted octanol–water partition coefficient (Wildman–Crippen LogP) is 2.29. The number of rotatable bonds is 6. The van der Waals surface area contributed by atoms with E-state index in [4.69, 9.17) is 9.47 Å². The van der Waals surface area contributed by atoms with E-state index in [-0.39, 0.29) is 5.91 Å². The second kappa shape index (κ2) is 7.38. The summed E-state index contributed by atoms with van der Waals surface area (Å²) < 4.78 is 11.4. The minimum Gasteiger partial charge on any atom is -0.481 e. The minimum atomic E-state index is -0.533. The summed E-state index contributed by atoms with van der Waals surface area (Å²) in [7, 11) is 1.59. The summed E-state index contributed by atoms with van der Waals surface area (Å²) in [6.07, 6.45) is -0.533. The van der Waals surface area contributed by atoms with Crippen LogP contribution in [0.5, 0.6) is 5.75 Å². The molecule has 0 aromatic heterocycles. The molecule has 0 aliphatic heterocycles. The van der Waals surface area contributed by atoms with Gasteiger partial charge in [0.2, 0.25) is 0 Å². The van der Waals surface area contributed by atoms with Crippen molar-refractivity contribution in [2.45, 2.75) is 20.0 Å². The number of benzene rings is 1. The Morgan fingerprint density at radius 1 is 1.50 bits per heavy atom. The molecule has 1 aromatic carbocycles. The van der Waals surface area contributed by atoms with Crippen LogP contribution in [0.4, 0.5) is 0 Å². The third kappa shape index (κ3) is 4.66. The molecule has 18 heavy (non-hydrogen) atoms. The van der Waals surface area contributed by atoms with Crippen LogP contribution < -0.4 is 10.1 Å². The van der Waals surface area contributed by atoms with Crippen LogP contribution in [0, 0.1) is 6.92 Å². The van der Waals surface area contributed by atoms with Gasteiger partial charge in [-0.15, -0.1) is 0 Å². The van der Waals surface area contributed by atoms with Crippen molar-refractivity contribution in [2.24, 2.45) is 0 Å². The van der Waals surface area contributed by atoms with E-state index < -0.39 is 6.10 Å². The van der Waals surface area contributed by atoms with Gasteiger partial charge in [-0.05, 0) is 31.5 Å². The number of ether oxygens (including phenoxy) is 2. The standard InChI is InChI=1S/C13H18BrNO3/c1-9-4-5-11(14)8-12(9)18-10(2)13(16)15-6-7-17-3/h4-5,8,10H,6-7H2,1-3H3,(H,15,16). The monoisotopic (exact) mass is 315 g/mol. The Bertz CT molecular complexity index is 409. The molecule has 0 heterocycles. The first-order valence-electron chi connectivity index (χ1n) is 5.74. The Morgan fingerprint density at radius 2 is 2.22 bits per heavy atom. The average Bonchev–Trinajstić information content (AvgIpc) is 2.34. The van der Waals surface area contributed by atoms with E-state index >= 15 is 0 Å². The van der Waals surface area contributed by atoms with Gasteiger partial charge in [-0.25, -0.2) is 0 Å². The van der Waals surface area contributed by atoms with Gasteiger partial charge < -0.3 is 14.8 Å². The van der Waals surface area contributed by atoms with Crippen molar-refractivity contribution in [3.63, 3.8) is 0 Å². The molecule has 1 unspecified atom stereocenters. The van der Waals surface area contributed by atoms with Crippen LogP contribution in [0.25, 0.3) is 0 Å². The maximum atomic E-state index is 11.7. The van der Waals surface area contributed by atoms with E-state index in [9.17, 15) is 4.79 Å². The number of carbonyl (C=O) groups excluding carboxylic acids is 1. The number of halogens is 1. The molecule has 1 N–H and O–H groups in total. The lowest BCUT2D eigenvalue weighted by Gasteiger charge is -2.16. The molecule has 0 fully saturated rings. The van der Waals surface area contributed by atoms with Gasteiger partial charge in [-0.3, -0.25) is 4.79 Å². The van der Waals surface area contributed by atoms with Gasteiger partial charge >= 0.3 is 0 Å². The zero-order chi connectivity index (χ0) is 13.5. The molecule has 5 heteroatoms. The highest BCUT2D eigenvalue weighted by atomic mass is 79.9. The molecule has 4 nitrogen and oxygen atoms in total. The predicted molar refractivity (Wildman–Crippen MR) is 73.9 cm³/mol. The number of hydrogen-bond acceptors (Lipinski definition) is 3. The Balaban J connectivity index is 2.55. The first-order chi connectivity index (χ1) is 8.54. The van der Waals surface area contributed by atoms with Crippen molar-refractivity contribution in [1.29, 1.82) is 0 Å². The molecule has 1 rings (SSSR count). The first kappa shape index (κ1) is 15.0. The number of amides is 1. The Hall–Kier alpha value is -1.07. The summed E-state index contributed by atoms with van der Waals surface area (Å²) in [4.78, 5) is 11.7. The molecule has 0 aliphatic rings. The number of methoxy groups -OCH3 is 1. The van der Waals surface area contributed by atoms with Gasteiger partial charge in [-0.2, -0.15) is 0 Å². The van der Waals surface area contributed by atoms with Gasteiger partial charge in [0, 0.05) is 18.1 Å². The maximum absolute atomic E-state index is 11.7. The van der Waals surface area contributed by atoms with Crippen molar-refractivity contribution < 1.29 is 14.3 Å². The molecular formula is C13H18BrNO3. The summed E-state index contributed by atoms with van der Waals surface area (Å²) in [5.74, 6) is 0.560. The van der Waals surface area contributed by atoms with Gasteiger partial charge in [0.1, 0.15) is 5.75 Å². The molecule has 0 radical (unpaired) electrons. The lowest BCUT2D eigenvalue weighted by Crippen LogP contribution is -2.38. The molecule has 100 valence electrons. The SMILES string of the molecule is COCCNC(=O)C(C)Oc1cc(Br)ccc1C. The Kier molecular flexibility index (Phi) is 6.15. The molecule has 0 saturated carbocycles. The zero-order valence-electron chi connectivity index (χ0n) is 10.8. The fourth-order valence-electron chi connectivity index (χ4n) is 1.36. The van der Waals surface area contributed by atoms with Crippen molar-refractivity contribution in [3.8, 4) is 5.75 Å². The van der Waals surface area contributed by atoms with Crippen LogP contribution in [0.15, 0.2) is 22.7 Å². The fourth-order valence-corrected chi connectivity index (χ4v) is 1.70. The summed E-state index contributed by atoms with van der Waals surface area (Å²) >= 11 is 3.38. The van der Waals surface area contributed by atoms with Crippen LogP contribution in [0.3, 0.4) is 0 Å². The van der Waals surface area contributed by atoms with Gasteiger partial charge in [0.25, 0.3) is 5.91 Å². The molecule has 1 atom stereocenters. The van der Waals surface area contributed by atoms with E-state index in [0.29, 0.717) is 18.9 Å². The Morgan fingerprint density at radius 3 is 2.89 bits per heavy atom. The largest absolute Gasteiger partial charge is 0.481 e. The minimum absolute atomic E-state index is 0.147.